The van der Waals surface area contributed by atoms with E-state index in [1.807, 2.05) is 54.6 Å². The van der Waals surface area contributed by atoms with Gasteiger partial charge in [-0.1, -0.05) is 61.8 Å². The summed E-state index contributed by atoms with van der Waals surface area (Å²) in [7, 11) is 0. The van der Waals surface area contributed by atoms with Gasteiger partial charge in [-0.15, -0.1) is 0 Å². The average molecular weight is 395 g/mol. The molecule has 0 bridgehead atoms. The van der Waals surface area contributed by atoms with Crippen LogP contribution in [0.15, 0.2) is 67.3 Å². The molecule has 0 aromatic heterocycles. The zero-order chi connectivity index (χ0) is 13.7. The first-order chi connectivity index (χ1) is 9.19. The Morgan fingerprint density at radius 2 is 1.74 bits per heavy atom. The fourth-order valence-electron chi connectivity index (χ4n) is 1.45. The molecule has 1 nitrogen and oxygen atoms in total. The first-order valence-corrected chi connectivity index (χ1v) is 7.89. The molecule has 0 saturated heterocycles. The predicted octanol–water partition coefficient (Wildman–Crippen LogP) is 5.87. The number of benzene rings is 2. The lowest BCUT2D eigenvalue weighted by Gasteiger charge is -2.02. The lowest BCUT2D eigenvalue weighted by atomic mass is 10.2. The van der Waals surface area contributed by atoms with Crippen LogP contribution in [0.3, 0.4) is 0 Å². The molecule has 4 heteroatoms. The highest BCUT2D eigenvalue weighted by Gasteiger charge is 2.02. The second kappa shape index (κ2) is 6.95. The molecular weight excluding hydrogens is 386 g/mol. The van der Waals surface area contributed by atoms with Gasteiger partial charge in [-0.3, -0.25) is 0 Å². The van der Waals surface area contributed by atoms with Gasteiger partial charge in [0, 0.05) is 13.8 Å². The number of hydrogen-bond donors (Lipinski definition) is 0. The Hall–Kier alpha value is -1.02. The van der Waals surface area contributed by atoms with E-state index < -0.39 is 0 Å². The van der Waals surface area contributed by atoms with Crippen LogP contribution in [0.1, 0.15) is 5.56 Å². The molecule has 0 aliphatic heterocycles. The van der Waals surface area contributed by atoms with E-state index in [1.54, 1.807) is 0 Å². The highest BCUT2D eigenvalue weighted by atomic mass is 79.9. The molecule has 0 aliphatic carbocycles. The van der Waals surface area contributed by atoms with Crippen LogP contribution < -0.4 is 0 Å². The Balaban J connectivity index is 2.24. The minimum absolute atomic E-state index is 0.661. The van der Waals surface area contributed by atoms with Crippen LogP contribution in [-0.4, -0.2) is 0 Å². The third kappa shape index (κ3) is 4.24. The smallest absolute Gasteiger partial charge is 0.106 e. The molecule has 0 spiro atoms. The highest BCUT2D eigenvalue weighted by molar-refractivity contribution is 9.10. The van der Waals surface area contributed by atoms with Crippen LogP contribution in [0.5, 0.6) is 0 Å². The largest absolute Gasteiger partial charge is 0.192 e. The molecule has 0 unspecified atom stereocenters. The molecule has 2 rings (SSSR count). The van der Waals surface area contributed by atoms with Crippen molar-refractivity contribution in [2.75, 3.05) is 0 Å². The number of hydrogen-bond acceptors (Lipinski definition) is 2. The molecule has 0 aliphatic rings. The zero-order valence-corrected chi connectivity index (χ0v) is 13.8. The third-order valence-electron chi connectivity index (χ3n) is 2.34. The number of nitrogens with zero attached hydrogens (tertiary/aromatic N) is 1. The van der Waals surface area contributed by atoms with Crippen LogP contribution in [0.2, 0.25) is 0 Å². The topological polar surface area (TPSA) is 23.8 Å². The van der Waals surface area contributed by atoms with Gasteiger partial charge in [0.05, 0.1) is 4.91 Å². The monoisotopic (exact) mass is 393 g/mol. The Bertz CT molecular complexity index is 642. The minimum atomic E-state index is 0.661. The van der Waals surface area contributed by atoms with Gasteiger partial charge in [0.1, 0.15) is 6.07 Å². The Kier molecular flexibility index (Phi) is 5.26. The molecule has 0 atom stereocenters. The Labute approximate surface area is 133 Å². The van der Waals surface area contributed by atoms with Gasteiger partial charge in [-0.25, -0.2) is 0 Å². The van der Waals surface area contributed by atoms with E-state index in [1.165, 1.54) is 11.8 Å². The van der Waals surface area contributed by atoms with Gasteiger partial charge in [0.25, 0.3) is 0 Å². The summed E-state index contributed by atoms with van der Waals surface area (Å²) in [5.74, 6) is 0. The molecule has 0 radical (unpaired) electrons. The first kappa shape index (κ1) is 14.4. The lowest BCUT2D eigenvalue weighted by Crippen LogP contribution is -1.78. The van der Waals surface area contributed by atoms with E-state index in [2.05, 4.69) is 37.9 Å². The van der Waals surface area contributed by atoms with Crippen LogP contribution in [0.25, 0.3) is 6.08 Å². The fraction of sp³-hybridized carbons (Fsp3) is 0. The molecule has 0 fully saturated rings. The molecule has 19 heavy (non-hydrogen) atoms. The second-order valence-electron chi connectivity index (χ2n) is 3.70. The van der Waals surface area contributed by atoms with E-state index in [0.717, 1.165) is 19.4 Å². The predicted molar refractivity (Wildman–Crippen MR) is 87.7 cm³/mol. The van der Waals surface area contributed by atoms with Crippen molar-refractivity contribution in [3.05, 3.63) is 67.9 Å². The molecule has 0 N–H and O–H groups in total. The fourth-order valence-corrected chi connectivity index (χ4v) is 2.87. The van der Waals surface area contributed by atoms with E-state index >= 15 is 0 Å². The van der Waals surface area contributed by atoms with Gasteiger partial charge in [0.15, 0.2) is 0 Å². The summed E-state index contributed by atoms with van der Waals surface area (Å²) < 4.78 is 2.02. The molecule has 2 aromatic carbocycles. The second-order valence-corrected chi connectivity index (χ2v) is 6.58. The molecule has 0 saturated carbocycles. The maximum Gasteiger partial charge on any atom is 0.106 e. The third-order valence-corrected chi connectivity index (χ3v) is 4.53. The maximum absolute atomic E-state index is 9.23. The van der Waals surface area contributed by atoms with Crippen molar-refractivity contribution in [3.8, 4) is 6.07 Å². The SMILES string of the molecule is N#CC(=Cc1ccccc1Br)Sc1ccc(Br)cc1. The van der Waals surface area contributed by atoms with E-state index in [9.17, 15) is 5.26 Å². The number of rotatable bonds is 3. The van der Waals surface area contributed by atoms with Gasteiger partial charge in [-0.05, 0) is 42.0 Å². The van der Waals surface area contributed by atoms with E-state index in [-0.39, 0.29) is 0 Å². The number of thioether (sulfide) groups is 1. The summed E-state index contributed by atoms with van der Waals surface area (Å²) in [6, 6.07) is 18.0. The standard InChI is InChI=1S/C15H9Br2NS/c16-12-5-7-13(8-6-12)19-14(10-18)9-11-3-1-2-4-15(11)17/h1-9H. The highest BCUT2D eigenvalue weighted by Crippen LogP contribution is 2.30. The molecule has 94 valence electrons. The summed E-state index contributed by atoms with van der Waals surface area (Å²) >= 11 is 8.34. The van der Waals surface area contributed by atoms with Crippen LogP contribution in [0.4, 0.5) is 0 Å². The first-order valence-electron chi connectivity index (χ1n) is 5.49. The summed E-state index contributed by atoms with van der Waals surface area (Å²) in [6.07, 6.45) is 1.89. The zero-order valence-electron chi connectivity index (χ0n) is 9.81. The minimum Gasteiger partial charge on any atom is -0.192 e. The quantitative estimate of drug-likeness (QED) is 0.480. The molecule has 0 heterocycles. The van der Waals surface area contributed by atoms with E-state index in [4.69, 9.17) is 0 Å². The normalized spacial score (nSPS) is 11.1. The summed E-state index contributed by atoms with van der Waals surface area (Å²) in [5, 5.41) is 9.23. The van der Waals surface area contributed by atoms with E-state index in [0.29, 0.717) is 4.91 Å². The van der Waals surface area contributed by atoms with Crippen molar-refractivity contribution in [2.45, 2.75) is 4.90 Å². The number of halogens is 2. The van der Waals surface area contributed by atoms with Gasteiger partial charge < -0.3 is 0 Å². The van der Waals surface area contributed by atoms with Crippen molar-refractivity contribution in [1.82, 2.24) is 0 Å². The maximum atomic E-state index is 9.23. The van der Waals surface area contributed by atoms with Crippen LogP contribution in [0, 0.1) is 11.3 Å². The molecular formula is C15H9Br2NS. The van der Waals surface area contributed by atoms with Crippen LogP contribution in [-0.2, 0) is 0 Å². The molecule has 0 amide bonds. The van der Waals surface area contributed by atoms with Crippen molar-refractivity contribution >= 4 is 49.7 Å². The number of nitriles is 1. The number of allylic oxidation sites excluding steroid dienone is 1. The summed E-state index contributed by atoms with van der Waals surface area (Å²) in [4.78, 5) is 1.71. The lowest BCUT2D eigenvalue weighted by molar-refractivity contribution is 1.44. The van der Waals surface area contributed by atoms with Crippen molar-refractivity contribution in [3.63, 3.8) is 0 Å². The van der Waals surface area contributed by atoms with Gasteiger partial charge in [0.2, 0.25) is 0 Å². The summed E-state index contributed by atoms with van der Waals surface area (Å²) in [5.41, 5.74) is 1.00. The van der Waals surface area contributed by atoms with Crippen LogP contribution >= 0.6 is 43.6 Å². The van der Waals surface area contributed by atoms with Crippen molar-refractivity contribution in [2.24, 2.45) is 0 Å². The Morgan fingerprint density at radius 1 is 1.05 bits per heavy atom. The molecule has 2 aromatic rings. The van der Waals surface area contributed by atoms with Gasteiger partial charge >= 0.3 is 0 Å². The average Bonchev–Trinajstić information content (AvgIpc) is 2.43. The van der Waals surface area contributed by atoms with Crippen molar-refractivity contribution in [1.29, 1.82) is 5.26 Å². The van der Waals surface area contributed by atoms with Gasteiger partial charge in [-0.2, -0.15) is 5.26 Å². The Morgan fingerprint density at radius 3 is 2.37 bits per heavy atom. The van der Waals surface area contributed by atoms with Crippen molar-refractivity contribution < 1.29 is 0 Å². The summed E-state index contributed by atoms with van der Waals surface area (Å²) in [6.45, 7) is 0.